The number of aliphatic hydroxyl groups is 2. The maximum absolute atomic E-state index is 12.5. The molecule has 0 rings (SSSR count). The summed E-state index contributed by atoms with van der Waals surface area (Å²) in [5, 5.41) is 43.9. The molecule has 0 aliphatic rings. The Morgan fingerprint density at radius 1 is 0.871 bits per heavy atom. The van der Waals surface area contributed by atoms with E-state index in [1.165, 1.54) is 18.7 Å². The number of aliphatic carboxylic acids is 2. The van der Waals surface area contributed by atoms with E-state index in [1.807, 2.05) is 0 Å². The maximum atomic E-state index is 12.5. The third-order valence-electron chi connectivity index (χ3n) is 4.12. The summed E-state index contributed by atoms with van der Waals surface area (Å²) >= 11 is 1.36. The molecule has 0 heterocycles. The zero-order valence-corrected chi connectivity index (χ0v) is 18.2. The van der Waals surface area contributed by atoms with E-state index in [0.29, 0.717) is 5.75 Å². The molecule has 6 atom stereocenters. The molecule has 178 valence electrons. The Hall–Kier alpha value is -2.42. The van der Waals surface area contributed by atoms with Gasteiger partial charge < -0.3 is 42.1 Å². The lowest BCUT2D eigenvalue weighted by molar-refractivity contribution is -0.144. The second-order valence-electron chi connectivity index (χ2n) is 6.83. The SMILES string of the molecule is CSCCC(NC(=O)C(NC(=O)C(CC(=O)O)NC(=O)C(N)C(C)O)C(C)O)C(=O)O. The highest BCUT2D eigenvalue weighted by Crippen LogP contribution is 2.04. The van der Waals surface area contributed by atoms with Crippen LogP contribution in [0.3, 0.4) is 0 Å². The molecule has 31 heavy (non-hydrogen) atoms. The van der Waals surface area contributed by atoms with Gasteiger partial charge in [0.25, 0.3) is 0 Å². The Morgan fingerprint density at radius 3 is 1.84 bits per heavy atom. The van der Waals surface area contributed by atoms with Crippen LogP contribution in [0.2, 0.25) is 0 Å². The molecule has 0 saturated carbocycles. The van der Waals surface area contributed by atoms with E-state index in [-0.39, 0.29) is 6.42 Å². The summed E-state index contributed by atoms with van der Waals surface area (Å²) < 4.78 is 0. The number of aliphatic hydroxyl groups excluding tert-OH is 2. The number of thioether (sulfide) groups is 1. The van der Waals surface area contributed by atoms with Crippen LogP contribution in [0, 0.1) is 0 Å². The lowest BCUT2D eigenvalue weighted by Gasteiger charge is -2.26. The largest absolute Gasteiger partial charge is 0.481 e. The second kappa shape index (κ2) is 13.8. The summed E-state index contributed by atoms with van der Waals surface area (Å²) in [6.07, 6.45) is -1.78. The zero-order valence-electron chi connectivity index (χ0n) is 17.4. The third-order valence-corrected chi connectivity index (χ3v) is 4.77. The molecule has 0 spiro atoms. The molecule has 13 nitrogen and oxygen atoms in total. The number of nitrogens with two attached hydrogens (primary N) is 1. The Labute approximate surface area is 183 Å². The van der Waals surface area contributed by atoms with Gasteiger partial charge in [-0.15, -0.1) is 0 Å². The predicted octanol–water partition coefficient (Wildman–Crippen LogP) is -3.16. The summed E-state index contributed by atoms with van der Waals surface area (Å²) in [4.78, 5) is 59.3. The van der Waals surface area contributed by atoms with Gasteiger partial charge in [-0.1, -0.05) is 0 Å². The molecule has 0 radical (unpaired) electrons. The van der Waals surface area contributed by atoms with E-state index in [1.54, 1.807) is 6.26 Å². The van der Waals surface area contributed by atoms with Crippen molar-refractivity contribution in [1.82, 2.24) is 16.0 Å². The van der Waals surface area contributed by atoms with Crippen LogP contribution in [0.5, 0.6) is 0 Å². The van der Waals surface area contributed by atoms with E-state index >= 15 is 0 Å². The van der Waals surface area contributed by atoms with Gasteiger partial charge in [0.2, 0.25) is 17.7 Å². The average molecular weight is 467 g/mol. The molecule has 0 aromatic rings. The lowest BCUT2D eigenvalue weighted by Crippen LogP contribution is -2.60. The van der Waals surface area contributed by atoms with Crippen LogP contribution in [0.25, 0.3) is 0 Å². The van der Waals surface area contributed by atoms with Crippen molar-refractivity contribution in [3.8, 4) is 0 Å². The quantitative estimate of drug-likeness (QED) is 0.127. The fourth-order valence-corrected chi connectivity index (χ4v) is 2.76. The minimum absolute atomic E-state index is 0.0949. The van der Waals surface area contributed by atoms with Crippen molar-refractivity contribution >= 4 is 41.4 Å². The van der Waals surface area contributed by atoms with E-state index in [0.717, 1.165) is 6.92 Å². The first-order valence-corrected chi connectivity index (χ1v) is 10.7. The molecule has 0 bridgehead atoms. The first-order valence-electron chi connectivity index (χ1n) is 9.28. The van der Waals surface area contributed by atoms with Crippen LogP contribution < -0.4 is 21.7 Å². The molecule has 0 fully saturated rings. The number of carbonyl (C=O) groups excluding carboxylic acids is 3. The summed E-state index contributed by atoms with van der Waals surface area (Å²) in [6, 6.07) is -6.00. The van der Waals surface area contributed by atoms with Gasteiger partial charge in [0.05, 0.1) is 18.6 Å². The first-order chi connectivity index (χ1) is 14.3. The Kier molecular flexibility index (Phi) is 12.7. The van der Waals surface area contributed by atoms with Gasteiger partial charge in [0.15, 0.2) is 0 Å². The fourth-order valence-electron chi connectivity index (χ4n) is 2.28. The van der Waals surface area contributed by atoms with Gasteiger partial charge in [0.1, 0.15) is 24.2 Å². The molecule has 0 aromatic heterocycles. The lowest BCUT2D eigenvalue weighted by atomic mass is 10.1. The minimum Gasteiger partial charge on any atom is -0.481 e. The molecule has 0 aliphatic heterocycles. The van der Waals surface area contributed by atoms with Crippen LogP contribution in [0.4, 0.5) is 0 Å². The van der Waals surface area contributed by atoms with Gasteiger partial charge in [-0.05, 0) is 32.3 Å². The number of amides is 3. The van der Waals surface area contributed by atoms with Crippen molar-refractivity contribution < 1.29 is 44.4 Å². The van der Waals surface area contributed by atoms with Gasteiger partial charge in [-0.3, -0.25) is 19.2 Å². The molecule has 6 unspecified atom stereocenters. The van der Waals surface area contributed by atoms with Gasteiger partial charge >= 0.3 is 11.9 Å². The highest BCUT2D eigenvalue weighted by Gasteiger charge is 2.33. The topological polar surface area (TPSA) is 228 Å². The number of nitrogens with one attached hydrogen (secondary N) is 3. The second-order valence-corrected chi connectivity index (χ2v) is 7.82. The molecule has 3 amide bonds. The molecule has 0 aliphatic carbocycles. The van der Waals surface area contributed by atoms with E-state index in [9.17, 15) is 39.3 Å². The van der Waals surface area contributed by atoms with Gasteiger partial charge in [0, 0.05) is 0 Å². The molecular weight excluding hydrogens is 436 g/mol. The molecular formula is C17H30N4O9S. The van der Waals surface area contributed by atoms with Crippen molar-refractivity contribution in [2.75, 3.05) is 12.0 Å². The summed E-state index contributed by atoms with van der Waals surface area (Å²) in [6.45, 7) is 2.39. The van der Waals surface area contributed by atoms with Crippen LogP contribution in [0.1, 0.15) is 26.7 Å². The normalized spacial score (nSPS) is 16.7. The Morgan fingerprint density at radius 2 is 1.42 bits per heavy atom. The number of hydrogen-bond donors (Lipinski definition) is 8. The highest BCUT2D eigenvalue weighted by molar-refractivity contribution is 7.98. The number of carboxylic acids is 2. The number of rotatable bonds is 14. The number of hydrogen-bond acceptors (Lipinski definition) is 9. The Bertz CT molecular complexity index is 660. The summed E-state index contributed by atoms with van der Waals surface area (Å²) in [7, 11) is 0. The monoisotopic (exact) mass is 466 g/mol. The van der Waals surface area contributed by atoms with E-state index in [2.05, 4.69) is 16.0 Å². The van der Waals surface area contributed by atoms with E-state index < -0.39 is 72.5 Å². The van der Waals surface area contributed by atoms with Crippen LogP contribution in [0.15, 0.2) is 0 Å². The van der Waals surface area contributed by atoms with Gasteiger partial charge in [-0.2, -0.15) is 11.8 Å². The van der Waals surface area contributed by atoms with Crippen molar-refractivity contribution in [2.24, 2.45) is 5.73 Å². The standard InChI is InChI=1S/C17H30N4O9S/c1-7(22)12(18)15(27)20-10(6-11(24)25)14(26)21-13(8(2)23)16(28)19-9(17(29)30)4-5-31-3/h7-10,12-13,22-23H,4-6,18H2,1-3H3,(H,19,28)(H,20,27)(H,21,26)(H,24,25)(H,29,30). The highest BCUT2D eigenvalue weighted by atomic mass is 32.2. The van der Waals surface area contributed by atoms with E-state index in [4.69, 9.17) is 10.8 Å². The predicted molar refractivity (Wildman–Crippen MR) is 110 cm³/mol. The van der Waals surface area contributed by atoms with Crippen molar-refractivity contribution in [1.29, 1.82) is 0 Å². The van der Waals surface area contributed by atoms with Crippen LogP contribution >= 0.6 is 11.8 Å². The van der Waals surface area contributed by atoms with Crippen molar-refractivity contribution in [3.63, 3.8) is 0 Å². The zero-order chi connectivity index (χ0) is 24.3. The molecule has 14 heteroatoms. The molecule has 0 aromatic carbocycles. The number of carbonyl (C=O) groups is 5. The Balaban J connectivity index is 5.41. The molecule has 0 saturated heterocycles. The minimum atomic E-state index is -1.67. The maximum Gasteiger partial charge on any atom is 0.326 e. The smallest absolute Gasteiger partial charge is 0.326 e. The fraction of sp³-hybridized carbons (Fsp3) is 0.706. The summed E-state index contributed by atoms with van der Waals surface area (Å²) in [5.41, 5.74) is 5.46. The van der Waals surface area contributed by atoms with Crippen molar-refractivity contribution in [2.45, 2.75) is 63.1 Å². The molecule has 9 N–H and O–H groups in total. The van der Waals surface area contributed by atoms with Crippen LogP contribution in [-0.2, 0) is 24.0 Å². The average Bonchev–Trinajstić information content (AvgIpc) is 2.66. The first kappa shape index (κ1) is 28.6. The van der Waals surface area contributed by atoms with Gasteiger partial charge in [-0.25, -0.2) is 4.79 Å². The number of carboxylic acid groups (broad SMARTS) is 2. The third kappa shape index (κ3) is 10.4. The van der Waals surface area contributed by atoms with Crippen molar-refractivity contribution in [3.05, 3.63) is 0 Å². The summed E-state index contributed by atoms with van der Waals surface area (Å²) in [5.74, 6) is -5.45. The van der Waals surface area contributed by atoms with Crippen LogP contribution in [-0.4, -0.2) is 98.5 Å².